The van der Waals surface area contributed by atoms with Gasteiger partial charge in [-0.05, 0) is 0 Å². The van der Waals surface area contributed by atoms with E-state index in [1.807, 2.05) is 38.4 Å². The van der Waals surface area contributed by atoms with E-state index in [1.54, 1.807) is 28.0 Å². The van der Waals surface area contributed by atoms with Crippen molar-refractivity contribution < 1.29 is 14.4 Å². The maximum absolute atomic E-state index is 12.6. The number of benzene rings is 1. The van der Waals surface area contributed by atoms with Crippen LogP contribution in [0.25, 0.3) is 0 Å². The second-order valence-electron chi connectivity index (χ2n) is 6.36. The Bertz CT molecular complexity index is 760. The molecule has 1 fully saturated rings. The molecule has 0 spiro atoms. The van der Waals surface area contributed by atoms with Crippen LogP contribution in [0.1, 0.15) is 17.3 Å². The Hall–Kier alpha value is -1.89. The standard InChI is InChI=1S/C18H20N3O3.In/c1-14-13-20(18(24)16(22)9-6-10-19-2)11-12-21(14)17(23)15-7-4-3-5-8-15;/h3-8,10,14H,11-13H2,1-2H3;/q-1;+1/t14-;/m1./s1. The fourth-order valence-corrected chi connectivity index (χ4v) is 6.02. The number of Topliss-reactive ketones (excluding diaryl/α,β-unsaturated/α-hetero) is 1. The van der Waals surface area contributed by atoms with Gasteiger partial charge in [0.15, 0.2) is 0 Å². The van der Waals surface area contributed by atoms with Crippen molar-refractivity contribution >= 4 is 43.6 Å². The SMILES string of the molecule is C[C@@H]1CN(C(=O)C(=O)[C]2=[In][N](C)C=C2)CCN1C(=O)c1ccccc1. The van der Waals surface area contributed by atoms with Crippen molar-refractivity contribution in [3.05, 3.63) is 48.2 Å². The number of carbonyl (C=O) groups excluding carboxylic acids is 3. The van der Waals surface area contributed by atoms with Crippen LogP contribution in [0.4, 0.5) is 0 Å². The molecule has 2 aliphatic heterocycles. The van der Waals surface area contributed by atoms with E-state index in [9.17, 15) is 14.4 Å². The van der Waals surface area contributed by atoms with Crippen molar-refractivity contribution in [2.45, 2.75) is 13.0 Å². The van der Waals surface area contributed by atoms with Crippen LogP contribution in [0.3, 0.4) is 0 Å². The summed E-state index contributed by atoms with van der Waals surface area (Å²) in [6.07, 6.45) is 3.65. The number of amides is 2. The molecule has 2 aliphatic rings. The molecule has 1 saturated heterocycles. The van der Waals surface area contributed by atoms with Crippen LogP contribution in [0, 0.1) is 0 Å². The van der Waals surface area contributed by atoms with Gasteiger partial charge in [0.1, 0.15) is 0 Å². The Morgan fingerprint density at radius 2 is 1.84 bits per heavy atom. The number of allylic oxidation sites excluding steroid dienone is 1. The summed E-state index contributed by atoms with van der Waals surface area (Å²) in [4.78, 5) is 40.9. The fourth-order valence-electron chi connectivity index (χ4n) is 3.10. The molecule has 0 aliphatic carbocycles. The quantitative estimate of drug-likeness (QED) is 0.629. The molecule has 1 aromatic carbocycles. The molecule has 0 unspecified atom stereocenters. The van der Waals surface area contributed by atoms with E-state index < -0.39 is 28.6 Å². The first-order chi connectivity index (χ1) is 12.0. The first-order valence-corrected chi connectivity index (χ1v) is 11.4. The molecule has 2 amide bonds. The Morgan fingerprint density at radius 3 is 2.44 bits per heavy atom. The van der Waals surface area contributed by atoms with Crippen molar-refractivity contribution in [3.8, 4) is 0 Å². The van der Waals surface area contributed by atoms with Gasteiger partial charge in [-0.3, -0.25) is 0 Å². The molecule has 2 heterocycles. The summed E-state index contributed by atoms with van der Waals surface area (Å²) < 4.78 is 2.76. The molecule has 6 nitrogen and oxygen atoms in total. The number of hydrogen-bond acceptors (Lipinski definition) is 4. The number of hydrogen-bond donors (Lipinski definition) is 0. The molecule has 0 bridgehead atoms. The van der Waals surface area contributed by atoms with Crippen molar-refractivity contribution in [1.82, 2.24) is 12.7 Å². The second-order valence-corrected chi connectivity index (χ2v) is 11.2. The van der Waals surface area contributed by atoms with E-state index in [2.05, 4.69) is 2.89 Å². The third-order valence-electron chi connectivity index (χ3n) is 4.48. The molecule has 0 radical (unpaired) electrons. The maximum atomic E-state index is 12.6. The second kappa shape index (κ2) is 7.56. The van der Waals surface area contributed by atoms with Gasteiger partial charge < -0.3 is 0 Å². The number of ketones is 1. The van der Waals surface area contributed by atoms with Gasteiger partial charge in [-0.1, -0.05) is 0 Å². The summed E-state index contributed by atoms with van der Waals surface area (Å²) in [5, 5.41) is 0. The normalized spacial score (nSPS) is 19.5. The van der Waals surface area contributed by atoms with Gasteiger partial charge >= 0.3 is 158 Å². The van der Waals surface area contributed by atoms with Crippen LogP contribution in [-0.2, 0) is 9.59 Å². The summed E-state index contributed by atoms with van der Waals surface area (Å²) in [7, 11) is 1.94. The average molecular weight is 441 g/mol. The van der Waals surface area contributed by atoms with Crippen molar-refractivity contribution in [1.29, 1.82) is 0 Å². The van der Waals surface area contributed by atoms with Crippen molar-refractivity contribution in [2.24, 2.45) is 0 Å². The fraction of sp³-hybridized carbons (Fsp3) is 0.333. The Morgan fingerprint density at radius 1 is 1.12 bits per heavy atom. The Balaban J connectivity index is 1.64. The van der Waals surface area contributed by atoms with Crippen LogP contribution in [0.15, 0.2) is 42.6 Å². The first kappa shape index (κ1) is 17.9. The van der Waals surface area contributed by atoms with Crippen LogP contribution in [-0.4, -0.2) is 89.0 Å². The number of piperazine rings is 1. The summed E-state index contributed by atoms with van der Waals surface area (Å²) in [5.74, 6) is -0.826. The summed E-state index contributed by atoms with van der Waals surface area (Å²) in [6, 6.07) is 9.02. The molecule has 25 heavy (non-hydrogen) atoms. The monoisotopic (exact) mass is 441 g/mol. The molecule has 0 aromatic heterocycles. The predicted octanol–water partition coefficient (Wildman–Crippen LogP) is 0.179. The number of rotatable bonds is 3. The van der Waals surface area contributed by atoms with Gasteiger partial charge in [-0.25, -0.2) is 0 Å². The van der Waals surface area contributed by atoms with E-state index in [-0.39, 0.29) is 17.7 Å². The molecule has 1 aromatic rings. The Labute approximate surface area is 158 Å². The molecule has 7 heteroatoms. The van der Waals surface area contributed by atoms with Gasteiger partial charge in [-0.2, -0.15) is 0 Å². The molecule has 0 N–H and O–H groups in total. The summed E-state index contributed by atoms with van der Waals surface area (Å²) >= 11 is -1.32. The minimum atomic E-state index is -1.32. The van der Waals surface area contributed by atoms with E-state index in [4.69, 9.17) is 0 Å². The van der Waals surface area contributed by atoms with E-state index in [1.165, 1.54) is 0 Å². The predicted molar refractivity (Wildman–Crippen MR) is 96.2 cm³/mol. The van der Waals surface area contributed by atoms with Crippen molar-refractivity contribution in [3.63, 3.8) is 0 Å². The van der Waals surface area contributed by atoms with Gasteiger partial charge in [-0.15, -0.1) is 0 Å². The third-order valence-corrected chi connectivity index (χ3v) is 8.23. The van der Waals surface area contributed by atoms with Gasteiger partial charge in [0.05, 0.1) is 0 Å². The van der Waals surface area contributed by atoms with Gasteiger partial charge in [0.25, 0.3) is 0 Å². The van der Waals surface area contributed by atoms with Crippen LogP contribution in [0.5, 0.6) is 0 Å². The van der Waals surface area contributed by atoms with Crippen LogP contribution in [0.2, 0.25) is 0 Å². The van der Waals surface area contributed by atoms with Gasteiger partial charge in [0.2, 0.25) is 0 Å². The molecular formula is C18H20InN3O3. The van der Waals surface area contributed by atoms with E-state index in [0.29, 0.717) is 28.5 Å². The Kier molecular flexibility index (Phi) is 5.42. The molecule has 0 saturated carbocycles. The first-order valence-electron chi connectivity index (χ1n) is 8.29. The zero-order valence-corrected chi connectivity index (χ0v) is 17.7. The third kappa shape index (κ3) is 3.86. The average Bonchev–Trinajstić information content (AvgIpc) is 3.07. The molecule has 3 rings (SSSR count). The minimum absolute atomic E-state index is 0.0311. The van der Waals surface area contributed by atoms with Crippen LogP contribution < -0.4 is 0 Å². The van der Waals surface area contributed by atoms with E-state index in [0.717, 1.165) is 0 Å². The zero-order valence-electron chi connectivity index (χ0n) is 14.4. The molecular weight excluding hydrogens is 421 g/mol. The van der Waals surface area contributed by atoms with Crippen molar-refractivity contribution in [2.75, 3.05) is 26.7 Å². The zero-order chi connectivity index (χ0) is 18.0. The summed E-state index contributed by atoms with van der Waals surface area (Å²) in [5.41, 5.74) is 0.646. The molecule has 1 atom stereocenters. The van der Waals surface area contributed by atoms with Crippen LogP contribution >= 0.6 is 0 Å². The number of nitrogens with zero attached hydrogens (tertiary/aromatic N) is 3. The van der Waals surface area contributed by atoms with Gasteiger partial charge in [0, 0.05) is 0 Å². The van der Waals surface area contributed by atoms with E-state index >= 15 is 0 Å². The summed E-state index contributed by atoms with van der Waals surface area (Å²) in [6.45, 7) is 3.15. The topological polar surface area (TPSA) is 60.9 Å². The number of carbonyl (C=O) groups is 3. The molecule has 128 valence electrons.